The first-order chi connectivity index (χ1) is 11.6. The zero-order valence-electron chi connectivity index (χ0n) is 13.9. The van der Waals surface area contributed by atoms with Crippen LogP contribution in [0.25, 0.3) is 0 Å². The molecule has 0 saturated heterocycles. The van der Waals surface area contributed by atoms with Crippen LogP contribution in [-0.2, 0) is 0 Å². The summed E-state index contributed by atoms with van der Waals surface area (Å²) in [5.41, 5.74) is 1.38. The summed E-state index contributed by atoms with van der Waals surface area (Å²) in [4.78, 5) is 20.8. The molecule has 2 aromatic rings. The summed E-state index contributed by atoms with van der Waals surface area (Å²) in [6.45, 7) is 1.30. The van der Waals surface area contributed by atoms with E-state index in [0.717, 1.165) is 18.1 Å². The number of aromatic nitrogens is 1. The molecule has 1 aromatic heterocycles. The van der Waals surface area contributed by atoms with Gasteiger partial charge in [0.25, 0.3) is 0 Å². The maximum Gasteiger partial charge on any atom is 0.326 e. The number of rotatable bonds is 3. The number of nitrogens with zero attached hydrogens (tertiary/aromatic N) is 3. The normalized spacial score (nSPS) is 13.3. The number of hydrogen-bond acceptors (Lipinski definition) is 5. The molecule has 7 nitrogen and oxygen atoms in total. The van der Waals surface area contributed by atoms with Crippen molar-refractivity contribution in [2.24, 2.45) is 0 Å². The molecule has 7 heteroatoms. The lowest BCUT2D eigenvalue weighted by Crippen LogP contribution is -2.45. The number of pyridine rings is 1. The number of ether oxygens (including phenoxy) is 2. The molecule has 0 fully saturated rings. The van der Waals surface area contributed by atoms with Crippen LogP contribution in [0, 0.1) is 0 Å². The molecule has 3 rings (SSSR count). The lowest BCUT2D eigenvalue weighted by Gasteiger charge is -2.34. The van der Waals surface area contributed by atoms with Gasteiger partial charge in [-0.05, 0) is 24.3 Å². The number of anilines is 3. The summed E-state index contributed by atoms with van der Waals surface area (Å²) in [6, 6.07) is 8.76. The van der Waals surface area contributed by atoms with Crippen LogP contribution in [0.4, 0.5) is 22.0 Å². The van der Waals surface area contributed by atoms with E-state index in [1.165, 1.54) is 0 Å². The average molecular weight is 328 g/mol. The highest BCUT2D eigenvalue weighted by Gasteiger charge is 2.26. The number of fused-ring (bicyclic) bond motifs is 1. The first-order valence-corrected chi connectivity index (χ1v) is 7.60. The van der Waals surface area contributed by atoms with Gasteiger partial charge in [0.15, 0.2) is 5.82 Å². The Morgan fingerprint density at radius 2 is 2.04 bits per heavy atom. The molecule has 1 aliphatic heterocycles. The number of carbonyl (C=O) groups excluding carboxylic acids is 1. The average Bonchev–Trinajstić information content (AvgIpc) is 2.62. The fraction of sp³-hybridized carbons (Fsp3) is 0.294. The molecule has 0 spiro atoms. The molecule has 0 atom stereocenters. The number of methoxy groups -OCH3 is 2. The van der Waals surface area contributed by atoms with Crippen LogP contribution in [0.15, 0.2) is 36.5 Å². The molecule has 126 valence electrons. The van der Waals surface area contributed by atoms with Gasteiger partial charge in [0.1, 0.15) is 11.5 Å². The number of benzene rings is 1. The van der Waals surface area contributed by atoms with Crippen molar-refractivity contribution >= 4 is 23.2 Å². The number of amides is 2. The highest BCUT2D eigenvalue weighted by atomic mass is 16.5. The molecule has 0 saturated carbocycles. The second kappa shape index (κ2) is 6.66. The smallest absolute Gasteiger partial charge is 0.326 e. The summed E-state index contributed by atoms with van der Waals surface area (Å²) in [6.07, 6.45) is 1.73. The van der Waals surface area contributed by atoms with E-state index in [0.29, 0.717) is 23.7 Å². The van der Waals surface area contributed by atoms with E-state index in [-0.39, 0.29) is 6.03 Å². The SMILES string of the molecule is COc1ccc(NC(=O)N2CCN(C)c3ncccc32)c(OC)c1. The first-order valence-electron chi connectivity index (χ1n) is 7.60. The predicted octanol–water partition coefficient (Wildman–Crippen LogP) is 2.59. The molecular formula is C17H20N4O3. The third-order valence-electron chi connectivity index (χ3n) is 3.97. The lowest BCUT2D eigenvalue weighted by atomic mass is 10.2. The Kier molecular flexibility index (Phi) is 4.41. The molecule has 0 bridgehead atoms. The van der Waals surface area contributed by atoms with Crippen molar-refractivity contribution in [1.82, 2.24) is 4.98 Å². The molecule has 0 aliphatic carbocycles. The van der Waals surface area contributed by atoms with E-state index in [9.17, 15) is 4.79 Å². The molecule has 2 heterocycles. The molecule has 24 heavy (non-hydrogen) atoms. The van der Waals surface area contributed by atoms with Gasteiger partial charge in [0, 0.05) is 32.4 Å². The fourth-order valence-corrected chi connectivity index (χ4v) is 2.67. The minimum atomic E-state index is -0.221. The molecule has 1 N–H and O–H groups in total. The maximum absolute atomic E-state index is 12.7. The van der Waals surface area contributed by atoms with E-state index in [1.54, 1.807) is 43.5 Å². The van der Waals surface area contributed by atoms with Gasteiger partial charge >= 0.3 is 6.03 Å². The number of carbonyl (C=O) groups is 1. The van der Waals surface area contributed by atoms with Gasteiger partial charge in [-0.15, -0.1) is 0 Å². The van der Waals surface area contributed by atoms with Crippen molar-refractivity contribution in [3.63, 3.8) is 0 Å². The quantitative estimate of drug-likeness (QED) is 0.938. The Labute approximate surface area is 140 Å². The van der Waals surface area contributed by atoms with Crippen molar-refractivity contribution < 1.29 is 14.3 Å². The van der Waals surface area contributed by atoms with Crippen LogP contribution >= 0.6 is 0 Å². The van der Waals surface area contributed by atoms with Crippen LogP contribution in [0.3, 0.4) is 0 Å². The molecule has 0 radical (unpaired) electrons. The minimum absolute atomic E-state index is 0.221. The Balaban J connectivity index is 1.85. The molecule has 1 aromatic carbocycles. The van der Waals surface area contributed by atoms with E-state index in [4.69, 9.17) is 9.47 Å². The number of nitrogens with one attached hydrogen (secondary N) is 1. The highest BCUT2D eigenvalue weighted by Crippen LogP contribution is 2.32. The van der Waals surface area contributed by atoms with Crippen molar-refractivity contribution in [2.75, 3.05) is 49.5 Å². The lowest BCUT2D eigenvalue weighted by molar-refractivity contribution is 0.256. The van der Waals surface area contributed by atoms with Crippen molar-refractivity contribution in [1.29, 1.82) is 0 Å². The van der Waals surface area contributed by atoms with Crippen molar-refractivity contribution in [3.05, 3.63) is 36.5 Å². The largest absolute Gasteiger partial charge is 0.497 e. The molecule has 2 amide bonds. The fourth-order valence-electron chi connectivity index (χ4n) is 2.67. The van der Waals surface area contributed by atoms with E-state index in [2.05, 4.69) is 10.3 Å². The third-order valence-corrected chi connectivity index (χ3v) is 3.97. The molecule has 0 unspecified atom stereocenters. The van der Waals surface area contributed by atoms with Crippen LogP contribution in [0.1, 0.15) is 0 Å². The van der Waals surface area contributed by atoms with Gasteiger partial charge in [0.2, 0.25) is 0 Å². The van der Waals surface area contributed by atoms with Gasteiger partial charge in [-0.25, -0.2) is 9.78 Å². The maximum atomic E-state index is 12.7. The number of hydrogen-bond donors (Lipinski definition) is 1. The highest BCUT2D eigenvalue weighted by molar-refractivity contribution is 6.04. The third kappa shape index (κ3) is 2.92. The topological polar surface area (TPSA) is 66.9 Å². The van der Waals surface area contributed by atoms with E-state index in [1.807, 2.05) is 24.1 Å². The van der Waals surface area contributed by atoms with Gasteiger partial charge in [-0.3, -0.25) is 4.90 Å². The predicted molar refractivity (Wildman–Crippen MR) is 93.4 cm³/mol. The molecule has 1 aliphatic rings. The van der Waals surface area contributed by atoms with Gasteiger partial charge in [-0.1, -0.05) is 0 Å². The summed E-state index contributed by atoms with van der Waals surface area (Å²) in [7, 11) is 5.11. The summed E-state index contributed by atoms with van der Waals surface area (Å²) < 4.78 is 10.5. The number of likely N-dealkylation sites (N-methyl/N-ethyl adjacent to an activating group) is 1. The second-order valence-corrected chi connectivity index (χ2v) is 5.42. The molecular weight excluding hydrogens is 308 g/mol. The Morgan fingerprint density at radius 1 is 1.21 bits per heavy atom. The second-order valence-electron chi connectivity index (χ2n) is 5.42. The van der Waals surface area contributed by atoms with Gasteiger partial charge < -0.3 is 19.7 Å². The van der Waals surface area contributed by atoms with Crippen LogP contribution in [0.5, 0.6) is 11.5 Å². The monoisotopic (exact) mass is 328 g/mol. The van der Waals surface area contributed by atoms with Gasteiger partial charge in [-0.2, -0.15) is 0 Å². The standard InChI is InChI=1S/C17H20N4O3/c1-20-9-10-21(14-5-4-8-18-16(14)20)17(22)19-13-7-6-12(23-2)11-15(13)24-3/h4-8,11H,9-10H2,1-3H3,(H,19,22). The van der Waals surface area contributed by atoms with Crippen molar-refractivity contribution in [3.8, 4) is 11.5 Å². The Bertz CT molecular complexity index is 750. The van der Waals surface area contributed by atoms with Gasteiger partial charge in [0.05, 0.1) is 25.6 Å². The summed E-state index contributed by atoms with van der Waals surface area (Å²) >= 11 is 0. The summed E-state index contributed by atoms with van der Waals surface area (Å²) in [5, 5.41) is 2.90. The Hall–Kier alpha value is -2.96. The van der Waals surface area contributed by atoms with Crippen molar-refractivity contribution in [2.45, 2.75) is 0 Å². The number of urea groups is 1. The summed E-state index contributed by atoms with van der Waals surface area (Å²) in [5.74, 6) is 2.00. The van der Waals surface area contributed by atoms with E-state index < -0.39 is 0 Å². The zero-order valence-corrected chi connectivity index (χ0v) is 13.9. The minimum Gasteiger partial charge on any atom is -0.497 e. The van der Waals surface area contributed by atoms with Crippen LogP contribution in [0.2, 0.25) is 0 Å². The van der Waals surface area contributed by atoms with Crippen LogP contribution in [-0.4, -0.2) is 45.4 Å². The Morgan fingerprint density at radius 3 is 2.79 bits per heavy atom. The van der Waals surface area contributed by atoms with E-state index >= 15 is 0 Å². The first kappa shape index (κ1) is 15.9. The van der Waals surface area contributed by atoms with Crippen LogP contribution < -0.4 is 24.6 Å². The zero-order chi connectivity index (χ0) is 17.1.